The molecule has 2 nitrogen and oxygen atoms in total. The molecule has 2 heterocycles. The Hall–Kier alpha value is -2.17. The Balaban J connectivity index is 1.52. The minimum Gasteiger partial charge on any atom is -0.481 e. The summed E-state index contributed by atoms with van der Waals surface area (Å²) in [7, 11) is 0. The van der Waals surface area contributed by atoms with Crippen molar-refractivity contribution in [3.8, 4) is 26.6 Å². The van der Waals surface area contributed by atoms with Gasteiger partial charge in [0.2, 0.25) is 0 Å². The molecule has 1 aliphatic heterocycles. The van der Waals surface area contributed by atoms with E-state index < -0.39 is 0 Å². The van der Waals surface area contributed by atoms with Gasteiger partial charge in [-0.05, 0) is 47.4 Å². The van der Waals surface area contributed by atoms with Crippen molar-refractivity contribution in [1.29, 1.82) is 0 Å². The first-order chi connectivity index (χ1) is 13.2. The molecule has 1 saturated heterocycles. The summed E-state index contributed by atoms with van der Waals surface area (Å²) in [5.41, 5.74) is 3.84. The number of hydrogen-bond donors (Lipinski definition) is 0. The van der Waals surface area contributed by atoms with E-state index in [2.05, 4.69) is 31.2 Å². The topological polar surface area (TPSA) is 18.5 Å². The molecule has 1 aliphatic rings. The van der Waals surface area contributed by atoms with E-state index in [-0.39, 0.29) is 11.9 Å². The summed E-state index contributed by atoms with van der Waals surface area (Å²) in [5, 5.41) is 0.843. The van der Waals surface area contributed by atoms with E-state index >= 15 is 0 Å². The van der Waals surface area contributed by atoms with Gasteiger partial charge >= 0.3 is 0 Å². The number of rotatable bonds is 5. The molecule has 0 aliphatic carbocycles. The summed E-state index contributed by atoms with van der Waals surface area (Å²) in [6, 6.07) is 17.6. The number of aryl methyl sites for hydroxylation is 1. The highest BCUT2D eigenvalue weighted by molar-refractivity contribution is 7.17. The number of hydrogen-bond acceptors (Lipinski definition) is 3. The van der Waals surface area contributed by atoms with Crippen LogP contribution in [0.15, 0.2) is 54.6 Å². The van der Waals surface area contributed by atoms with E-state index in [0.717, 1.165) is 53.5 Å². The van der Waals surface area contributed by atoms with Gasteiger partial charge in [0.1, 0.15) is 11.9 Å². The van der Waals surface area contributed by atoms with Crippen LogP contribution in [0.1, 0.15) is 25.3 Å². The highest BCUT2D eigenvalue weighted by Crippen LogP contribution is 2.36. The van der Waals surface area contributed by atoms with Crippen LogP contribution in [0.5, 0.6) is 5.06 Å². The van der Waals surface area contributed by atoms with Crippen molar-refractivity contribution in [2.24, 2.45) is 0 Å². The predicted molar refractivity (Wildman–Crippen MR) is 109 cm³/mol. The van der Waals surface area contributed by atoms with Crippen molar-refractivity contribution >= 4 is 11.3 Å². The fraction of sp³-hybridized carbons (Fsp3) is 0.304. The molecular formula is C23H23FO2S. The lowest BCUT2D eigenvalue weighted by Gasteiger charge is -2.22. The zero-order valence-electron chi connectivity index (χ0n) is 15.4. The van der Waals surface area contributed by atoms with Gasteiger partial charge in [-0.1, -0.05) is 48.6 Å². The lowest BCUT2D eigenvalue weighted by Crippen LogP contribution is -2.25. The van der Waals surface area contributed by atoms with Gasteiger partial charge in [0.25, 0.3) is 0 Å². The standard InChI is InChI=1S/C23H23FO2S/c1-2-16-3-5-17(6-4-16)18-7-8-20(21(24)15-18)22-9-10-23(27-22)26-19-11-13-25-14-12-19/h3-10,15,19H,2,11-14H2,1H3. The number of halogens is 1. The Morgan fingerprint density at radius 3 is 2.44 bits per heavy atom. The monoisotopic (exact) mass is 382 g/mol. The van der Waals surface area contributed by atoms with E-state index in [0.29, 0.717) is 5.56 Å². The van der Waals surface area contributed by atoms with Crippen LogP contribution in [0.25, 0.3) is 21.6 Å². The van der Waals surface area contributed by atoms with Crippen molar-refractivity contribution in [3.63, 3.8) is 0 Å². The van der Waals surface area contributed by atoms with Crippen LogP contribution < -0.4 is 4.74 Å². The van der Waals surface area contributed by atoms with Gasteiger partial charge in [-0.25, -0.2) is 4.39 Å². The van der Waals surface area contributed by atoms with E-state index in [1.165, 1.54) is 16.9 Å². The van der Waals surface area contributed by atoms with Crippen LogP contribution in [0.2, 0.25) is 0 Å². The van der Waals surface area contributed by atoms with Gasteiger partial charge in [0, 0.05) is 23.3 Å². The van der Waals surface area contributed by atoms with Crippen molar-refractivity contribution in [1.82, 2.24) is 0 Å². The lowest BCUT2D eigenvalue weighted by molar-refractivity contribution is 0.0271. The SMILES string of the molecule is CCc1ccc(-c2ccc(-c3ccc(OC4CCOCC4)s3)c(F)c2)cc1. The van der Waals surface area contributed by atoms with Gasteiger partial charge in [-0.15, -0.1) is 0 Å². The highest BCUT2D eigenvalue weighted by Gasteiger charge is 2.17. The second kappa shape index (κ2) is 8.24. The normalized spacial score (nSPS) is 15.0. The fourth-order valence-corrected chi connectivity index (χ4v) is 4.26. The van der Waals surface area contributed by atoms with Crippen LogP contribution in [-0.2, 0) is 11.2 Å². The molecule has 140 valence electrons. The molecule has 1 aromatic heterocycles. The molecule has 0 bridgehead atoms. The maximum absolute atomic E-state index is 14.8. The number of ether oxygens (including phenoxy) is 2. The summed E-state index contributed by atoms with van der Waals surface area (Å²) >= 11 is 1.50. The maximum Gasteiger partial charge on any atom is 0.174 e. The summed E-state index contributed by atoms with van der Waals surface area (Å²) in [5.74, 6) is -0.202. The minimum atomic E-state index is -0.202. The summed E-state index contributed by atoms with van der Waals surface area (Å²) in [6.45, 7) is 3.63. The molecule has 0 radical (unpaired) electrons. The van der Waals surface area contributed by atoms with Gasteiger partial charge in [0.05, 0.1) is 13.2 Å². The average Bonchev–Trinajstić information content (AvgIpc) is 3.17. The highest BCUT2D eigenvalue weighted by atomic mass is 32.1. The van der Waals surface area contributed by atoms with Crippen LogP contribution >= 0.6 is 11.3 Å². The first-order valence-corrected chi connectivity index (χ1v) is 10.3. The largest absolute Gasteiger partial charge is 0.481 e. The molecule has 0 saturated carbocycles. The third-order valence-corrected chi connectivity index (χ3v) is 5.97. The van der Waals surface area contributed by atoms with Gasteiger partial charge in [-0.3, -0.25) is 0 Å². The number of benzene rings is 2. The molecule has 4 heteroatoms. The van der Waals surface area contributed by atoms with Crippen molar-refractivity contribution < 1.29 is 13.9 Å². The Morgan fingerprint density at radius 1 is 1.00 bits per heavy atom. The third-order valence-electron chi connectivity index (χ3n) is 4.96. The fourth-order valence-electron chi connectivity index (χ4n) is 3.31. The zero-order chi connectivity index (χ0) is 18.6. The molecule has 0 amide bonds. The molecule has 3 aromatic rings. The average molecular weight is 383 g/mol. The van der Waals surface area contributed by atoms with Gasteiger partial charge in [0.15, 0.2) is 5.06 Å². The van der Waals surface area contributed by atoms with Crippen molar-refractivity contribution in [2.45, 2.75) is 32.3 Å². The van der Waals surface area contributed by atoms with Crippen LogP contribution in [-0.4, -0.2) is 19.3 Å². The predicted octanol–water partition coefficient (Wildman–Crippen LogP) is 6.34. The summed E-state index contributed by atoms with van der Waals surface area (Å²) in [6.07, 6.45) is 3.02. The Kier molecular flexibility index (Phi) is 5.55. The lowest BCUT2D eigenvalue weighted by atomic mass is 10.0. The Labute approximate surface area is 163 Å². The molecule has 2 aromatic carbocycles. The third kappa shape index (κ3) is 4.23. The van der Waals surface area contributed by atoms with E-state index in [1.807, 2.05) is 24.3 Å². The summed E-state index contributed by atoms with van der Waals surface area (Å²) in [4.78, 5) is 0.891. The van der Waals surface area contributed by atoms with Crippen LogP contribution in [0.3, 0.4) is 0 Å². The van der Waals surface area contributed by atoms with Gasteiger partial charge in [-0.2, -0.15) is 0 Å². The van der Waals surface area contributed by atoms with Crippen molar-refractivity contribution in [2.75, 3.05) is 13.2 Å². The second-order valence-corrected chi connectivity index (χ2v) is 7.84. The molecule has 1 fully saturated rings. The van der Waals surface area contributed by atoms with Gasteiger partial charge < -0.3 is 9.47 Å². The van der Waals surface area contributed by atoms with E-state index in [4.69, 9.17) is 9.47 Å². The van der Waals surface area contributed by atoms with Crippen LogP contribution in [0, 0.1) is 5.82 Å². The zero-order valence-corrected chi connectivity index (χ0v) is 16.2. The minimum absolute atomic E-state index is 0.198. The first kappa shape index (κ1) is 18.2. The quantitative estimate of drug-likeness (QED) is 0.512. The molecule has 0 spiro atoms. The Morgan fingerprint density at radius 2 is 1.74 bits per heavy atom. The summed E-state index contributed by atoms with van der Waals surface area (Å²) < 4.78 is 26.2. The second-order valence-electron chi connectivity index (χ2n) is 6.79. The maximum atomic E-state index is 14.8. The molecule has 27 heavy (non-hydrogen) atoms. The first-order valence-electron chi connectivity index (χ1n) is 9.46. The van der Waals surface area contributed by atoms with E-state index in [9.17, 15) is 4.39 Å². The molecule has 4 rings (SSSR count). The molecule has 0 unspecified atom stereocenters. The van der Waals surface area contributed by atoms with Crippen molar-refractivity contribution in [3.05, 3.63) is 66.0 Å². The van der Waals surface area contributed by atoms with Crippen LogP contribution in [0.4, 0.5) is 4.39 Å². The molecular weight excluding hydrogens is 359 g/mol. The molecule has 0 N–H and O–H groups in total. The smallest absolute Gasteiger partial charge is 0.174 e. The molecule has 0 atom stereocenters. The Bertz CT molecular complexity index is 895. The number of thiophene rings is 1. The van der Waals surface area contributed by atoms with E-state index in [1.54, 1.807) is 6.07 Å².